The number of hydrogen-bond acceptors (Lipinski definition) is 4. The second-order valence-corrected chi connectivity index (χ2v) is 7.46. The van der Waals surface area contributed by atoms with E-state index in [1.165, 1.54) is 0 Å². The molecule has 5 heteroatoms. The Bertz CT molecular complexity index is 935. The Hall–Kier alpha value is -2.75. The summed E-state index contributed by atoms with van der Waals surface area (Å²) in [5, 5.41) is 13.7. The summed E-state index contributed by atoms with van der Waals surface area (Å²) < 4.78 is 0. The third-order valence-corrected chi connectivity index (χ3v) is 4.96. The molecule has 1 aromatic rings. The molecular formula is C23H23ClN4. The zero-order valence-electron chi connectivity index (χ0n) is 16.0. The van der Waals surface area contributed by atoms with Crippen LogP contribution in [-0.2, 0) is 0 Å². The minimum Gasteiger partial charge on any atom is -0.354 e. The normalized spacial score (nSPS) is 22.4. The molecule has 0 aromatic heterocycles. The second kappa shape index (κ2) is 9.98. The number of halogens is 1. The van der Waals surface area contributed by atoms with Crippen LogP contribution in [0.15, 0.2) is 58.5 Å². The molecule has 2 unspecified atom stereocenters. The Labute approximate surface area is 171 Å². The molecule has 1 saturated heterocycles. The maximum absolute atomic E-state index is 9.47. The lowest BCUT2D eigenvalue weighted by molar-refractivity contribution is 0.293. The zero-order chi connectivity index (χ0) is 19.8. The van der Waals surface area contributed by atoms with Crippen LogP contribution in [0, 0.1) is 29.1 Å². The van der Waals surface area contributed by atoms with Crippen molar-refractivity contribution in [2.75, 3.05) is 19.6 Å². The summed E-state index contributed by atoms with van der Waals surface area (Å²) in [5.74, 6) is 7.78. The van der Waals surface area contributed by atoms with Gasteiger partial charge in [-0.1, -0.05) is 36.4 Å². The SMILES string of the molecule is CC1CCC(C#Cc2cccc(Cl)c2)NCCN(C2=C(C#N)C=C=CC=N2)C1. The van der Waals surface area contributed by atoms with E-state index in [2.05, 4.69) is 45.8 Å². The molecule has 2 heterocycles. The molecule has 142 valence electrons. The van der Waals surface area contributed by atoms with Crippen molar-refractivity contribution in [3.63, 3.8) is 0 Å². The first kappa shape index (κ1) is 20.0. The molecule has 1 N–H and O–H groups in total. The van der Waals surface area contributed by atoms with Crippen molar-refractivity contribution in [2.24, 2.45) is 10.9 Å². The summed E-state index contributed by atoms with van der Waals surface area (Å²) in [6.07, 6.45) is 7.15. The van der Waals surface area contributed by atoms with Crippen molar-refractivity contribution in [3.8, 4) is 17.9 Å². The number of nitrogens with one attached hydrogen (secondary N) is 1. The van der Waals surface area contributed by atoms with Gasteiger partial charge >= 0.3 is 0 Å². The van der Waals surface area contributed by atoms with E-state index < -0.39 is 0 Å². The average molecular weight is 391 g/mol. The van der Waals surface area contributed by atoms with Gasteiger partial charge in [-0.15, -0.1) is 5.73 Å². The van der Waals surface area contributed by atoms with Crippen molar-refractivity contribution in [3.05, 3.63) is 64.1 Å². The van der Waals surface area contributed by atoms with Gasteiger partial charge in [0.1, 0.15) is 17.5 Å². The Morgan fingerprint density at radius 2 is 2.25 bits per heavy atom. The number of allylic oxidation sites excluding steroid dienone is 2. The minimum absolute atomic E-state index is 0.130. The topological polar surface area (TPSA) is 51.4 Å². The maximum atomic E-state index is 9.47. The lowest BCUT2D eigenvalue weighted by Crippen LogP contribution is -2.36. The van der Waals surface area contributed by atoms with Crippen molar-refractivity contribution in [1.29, 1.82) is 5.26 Å². The summed E-state index contributed by atoms with van der Waals surface area (Å²) in [6.45, 7) is 4.64. The fourth-order valence-electron chi connectivity index (χ4n) is 3.29. The molecule has 2 aliphatic rings. The summed E-state index contributed by atoms with van der Waals surface area (Å²) >= 11 is 6.04. The number of benzene rings is 1. The Balaban J connectivity index is 1.73. The van der Waals surface area contributed by atoms with Gasteiger partial charge in [-0.05, 0) is 43.0 Å². The van der Waals surface area contributed by atoms with E-state index in [0.717, 1.165) is 43.9 Å². The number of rotatable bonds is 1. The van der Waals surface area contributed by atoms with Gasteiger partial charge in [0.25, 0.3) is 0 Å². The molecule has 0 saturated carbocycles. The minimum atomic E-state index is 0.130. The van der Waals surface area contributed by atoms with Gasteiger partial charge in [0, 0.05) is 42.5 Å². The monoisotopic (exact) mass is 390 g/mol. The highest BCUT2D eigenvalue weighted by atomic mass is 35.5. The number of aliphatic imine (C=N–C) groups is 1. The molecule has 0 amide bonds. The zero-order valence-corrected chi connectivity index (χ0v) is 16.7. The first-order valence-electron chi connectivity index (χ1n) is 9.50. The smallest absolute Gasteiger partial charge is 0.147 e. The van der Waals surface area contributed by atoms with E-state index in [-0.39, 0.29) is 6.04 Å². The molecule has 4 nitrogen and oxygen atoms in total. The number of hydrogen-bond donors (Lipinski definition) is 1. The highest BCUT2D eigenvalue weighted by Crippen LogP contribution is 2.19. The fraction of sp³-hybridized carbons (Fsp3) is 0.348. The predicted molar refractivity (Wildman–Crippen MR) is 114 cm³/mol. The highest BCUT2D eigenvalue weighted by molar-refractivity contribution is 6.30. The molecule has 2 atom stereocenters. The van der Waals surface area contributed by atoms with Crippen LogP contribution in [0.2, 0.25) is 5.02 Å². The quantitative estimate of drug-likeness (QED) is 0.584. The van der Waals surface area contributed by atoms with Gasteiger partial charge in [0.05, 0.1) is 6.04 Å². The second-order valence-electron chi connectivity index (χ2n) is 7.02. The Kier molecular flexibility index (Phi) is 7.12. The predicted octanol–water partition coefficient (Wildman–Crippen LogP) is 3.91. The Morgan fingerprint density at radius 3 is 3.07 bits per heavy atom. The standard InChI is InChI=1S/C23H23ClN4/c1-18-8-10-22(11-9-19-5-4-7-21(24)15-19)26-13-14-28(17-18)23-20(16-25)6-2-3-12-27-23/h3-7,12,15,18,22,26H,8,10,13-14,17H2,1H3. The summed E-state index contributed by atoms with van der Waals surface area (Å²) in [6, 6.07) is 10.00. The van der Waals surface area contributed by atoms with Crippen LogP contribution in [0.3, 0.4) is 0 Å². The highest BCUT2D eigenvalue weighted by Gasteiger charge is 2.20. The van der Waals surface area contributed by atoms with E-state index in [0.29, 0.717) is 16.5 Å². The van der Waals surface area contributed by atoms with Gasteiger partial charge in [-0.25, -0.2) is 4.99 Å². The van der Waals surface area contributed by atoms with Crippen LogP contribution in [0.5, 0.6) is 0 Å². The summed E-state index contributed by atoms with van der Waals surface area (Å²) in [5.41, 5.74) is 4.44. The van der Waals surface area contributed by atoms with Gasteiger partial charge in [-0.3, -0.25) is 0 Å². The van der Waals surface area contributed by atoms with Gasteiger partial charge in [0.2, 0.25) is 0 Å². The van der Waals surface area contributed by atoms with E-state index in [4.69, 9.17) is 11.6 Å². The van der Waals surface area contributed by atoms with Crippen LogP contribution < -0.4 is 5.32 Å². The molecular weight excluding hydrogens is 368 g/mol. The number of nitrogens with zero attached hydrogens (tertiary/aromatic N) is 3. The average Bonchev–Trinajstić information content (AvgIpc) is 2.89. The van der Waals surface area contributed by atoms with Crippen LogP contribution in [0.1, 0.15) is 25.3 Å². The van der Waals surface area contributed by atoms with Gasteiger partial charge in [-0.2, -0.15) is 5.26 Å². The third kappa shape index (κ3) is 5.62. The van der Waals surface area contributed by atoms with Crippen molar-refractivity contribution in [1.82, 2.24) is 10.2 Å². The van der Waals surface area contributed by atoms with E-state index >= 15 is 0 Å². The van der Waals surface area contributed by atoms with Gasteiger partial charge < -0.3 is 10.2 Å². The van der Waals surface area contributed by atoms with E-state index in [1.54, 1.807) is 18.4 Å². The Morgan fingerprint density at radius 1 is 1.36 bits per heavy atom. The molecule has 1 aromatic carbocycles. The molecule has 0 bridgehead atoms. The lowest BCUT2D eigenvalue weighted by atomic mass is 10.0. The first-order chi connectivity index (χ1) is 13.7. The van der Waals surface area contributed by atoms with Crippen LogP contribution in [0.4, 0.5) is 0 Å². The number of nitriles is 1. The fourth-order valence-corrected chi connectivity index (χ4v) is 3.48. The molecule has 0 radical (unpaired) electrons. The third-order valence-electron chi connectivity index (χ3n) is 4.72. The van der Waals surface area contributed by atoms with Gasteiger partial charge in [0.15, 0.2) is 0 Å². The molecule has 28 heavy (non-hydrogen) atoms. The van der Waals surface area contributed by atoms with Crippen molar-refractivity contribution >= 4 is 17.8 Å². The molecule has 3 rings (SSSR count). The first-order valence-corrected chi connectivity index (χ1v) is 9.88. The van der Waals surface area contributed by atoms with E-state index in [1.807, 2.05) is 24.3 Å². The maximum Gasteiger partial charge on any atom is 0.147 e. The summed E-state index contributed by atoms with van der Waals surface area (Å²) in [4.78, 5) is 6.67. The molecule has 2 aliphatic heterocycles. The van der Waals surface area contributed by atoms with E-state index in [9.17, 15) is 5.26 Å². The van der Waals surface area contributed by atoms with Crippen LogP contribution in [-0.4, -0.2) is 36.8 Å². The van der Waals surface area contributed by atoms with Crippen molar-refractivity contribution < 1.29 is 0 Å². The largest absolute Gasteiger partial charge is 0.354 e. The molecule has 1 fully saturated rings. The van der Waals surface area contributed by atoms with Crippen LogP contribution >= 0.6 is 11.6 Å². The molecule has 0 spiro atoms. The lowest BCUT2D eigenvalue weighted by Gasteiger charge is -2.27. The van der Waals surface area contributed by atoms with Crippen molar-refractivity contribution in [2.45, 2.75) is 25.8 Å². The molecule has 0 aliphatic carbocycles. The summed E-state index contributed by atoms with van der Waals surface area (Å²) in [7, 11) is 0. The van der Waals surface area contributed by atoms with Crippen LogP contribution in [0.25, 0.3) is 0 Å².